The van der Waals surface area contributed by atoms with Crippen molar-refractivity contribution in [1.82, 2.24) is 10.2 Å². The van der Waals surface area contributed by atoms with Crippen molar-refractivity contribution in [2.75, 3.05) is 13.6 Å². The average Bonchev–Trinajstić information content (AvgIpc) is 2.63. The smallest absolute Gasteiger partial charge is 0.254 e. The van der Waals surface area contributed by atoms with E-state index in [1.165, 1.54) is 0 Å². The maximum atomic E-state index is 13.6. The summed E-state index contributed by atoms with van der Waals surface area (Å²) in [5.74, 6) is -2.46. The van der Waals surface area contributed by atoms with Crippen LogP contribution in [0.1, 0.15) is 41.7 Å². The minimum atomic E-state index is -0.929. The van der Waals surface area contributed by atoms with Crippen molar-refractivity contribution in [3.05, 3.63) is 69.2 Å². The average molecular weight is 429 g/mol. The first-order valence-electron chi connectivity index (χ1n) is 8.64. The van der Waals surface area contributed by atoms with Gasteiger partial charge in [0.15, 0.2) is 0 Å². The van der Waals surface area contributed by atoms with E-state index < -0.39 is 17.5 Å². The van der Waals surface area contributed by atoms with E-state index in [0.717, 1.165) is 17.7 Å². The third-order valence-electron chi connectivity index (χ3n) is 4.42. The zero-order valence-electron chi connectivity index (χ0n) is 15.4. The van der Waals surface area contributed by atoms with Gasteiger partial charge in [-0.3, -0.25) is 9.59 Å². The molecule has 0 saturated heterocycles. The van der Waals surface area contributed by atoms with Crippen LogP contribution in [0.4, 0.5) is 8.78 Å². The van der Waals surface area contributed by atoms with E-state index >= 15 is 0 Å². The van der Waals surface area contributed by atoms with Gasteiger partial charge in [-0.15, -0.1) is 0 Å². The van der Waals surface area contributed by atoms with Gasteiger partial charge in [0.05, 0.1) is 11.6 Å². The predicted molar refractivity (Wildman–Crippen MR) is 106 cm³/mol. The zero-order chi connectivity index (χ0) is 20.8. The second-order valence-corrected chi connectivity index (χ2v) is 7.17. The fraction of sp³-hybridized carbons (Fsp3) is 0.300. The Morgan fingerprint density at radius 1 is 1.14 bits per heavy atom. The lowest BCUT2D eigenvalue weighted by molar-refractivity contribution is -0.131. The summed E-state index contributed by atoms with van der Waals surface area (Å²) in [4.78, 5) is 25.9. The lowest BCUT2D eigenvalue weighted by Gasteiger charge is -2.26. The third-order valence-corrected chi connectivity index (χ3v) is 4.98. The lowest BCUT2D eigenvalue weighted by atomic mass is 10.1. The number of hydrogen-bond donors (Lipinski definition) is 1. The molecule has 2 aromatic rings. The van der Waals surface area contributed by atoms with Gasteiger partial charge in [0.25, 0.3) is 5.91 Å². The summed E-state index contributed by atoms with van der Waals surface area (Å²) >= 11 is 12.1. The van der Waals surface area contributed by atoms with Gasteiger partial charge in [-0.1, -0.05) is 29.3 Å². The summed E-state index contributed by atoms with van der Waals surface area (Å²) in [6.45, 7) is 2.04. The van der Waals surface area contributed by atoms with Crippen molar-refractivity contribution in [2.24, 2.45) is 0 Å². The SMILES string of the molecule is CC(c1ccc(Cl)cc1Cl)N(C)C(=O)CCCNC(=O)c1ccc(F)cc1F. The molecule has 0 heterocycles. The van der Waals surface area contributed by atoms with Gasteiger partial charge < -0.3 is 10.2 Å². The fourth-order valence-corrected chi connectivity index (χ4v) is 3.22. The minimum Gasteiger partial charge on any atom is -0.352 e. The first-order valence-corrected chi connectivity index (χ1v) is 9.40. The second kappa shape index (κ2) is 9.85. The van der Waals surface area contributed by atoms with Crippen LogP contribution < -0.4 is 5.32 Å². The van der Waals surface area contributed by atoms with E-state index in [-0.39, 0.29) is 30.5 Å². The van der Waals surface area contributed by atoms with Crippen LogP contribution in [0, 0.1) is 11.6 Å². The molecule has 1 N–H and O–H groups in total. The Balaban J connectivity index is 1.83. The largest absolute Gasteiger partial charge is 0.352 e. The number of nitrogens with one attached hydrogen (secondary N) is 1. The van der Waals surface area contributed by atoms with Gasteiger partial charge >= 0.3 is 0 Å². The molecular formula is C20H20Cl2F2N2O2. The van der Waals surface area contributed by atoms with Gasteiger partial charge in [-0.05, 0) is 43.2 Å². The van der Waals surface area contributed by atoms with Crippen LogP contribution in [-0.2, 0) is 4.79 Å². The predicted octanol–water partition coefficient (Wildman–Crippen LogP) is 5.00. The van der Waals surface area contributed by atoms with Crippen LogP contribution >= 0.6 is 23.2 Å². The molecule has 2 aromatic carbocycles. The fourth-order valence-electron chi connectivity index (χ4n) is 2.65. The Kier molecular flexibility index (Phi) is 7.78. The number of rotatable bonds is 7. The van der Waals surface area contributed by atoms with Crippen LogP contribution in [0.15, 0.2) is 36.4 Å². The standard InChI is InChI=1S/C20H20Cl2F2N2O2/c1-12(15-7-5-13(21)10-17(15)22)26(2)19(27)4-3-9-25-20(28)16-8-6-14(23)11-18(16)24/h5-8,10-12H,3-4,9H2,1-2H3,(H,25,28). The molecule has 150 valence electrons. The van der Waals surface area contributed by atoms with E-state index in [9.17, 15) is 18.4 Å². The highest BCUT2D eigenvalue weighted by atomic mass is 35.5. The number of carbonyl (C=O) groups excluding carboxylic acids is 2. The Labute approximate surface area is 172 Å². The van der Waals surface area contributed by atoms with Gasteiger partial charge in [-0.25, -0.2) is 8.78 Å². The van der Waals surface area contributed by atoms with Crippen molar-refractivity contribution in [1.29, 1.82) is 0 Å². The molecule has 8 heteroatoms. The maximum absolute atomic E-state index is 13.6. The quantitative estimate of drug-likeness (QED) is 0.630. The topological polar surface area (TPSA) is 49.4 Å². The molecule has 28 heavy (non-hydrogen) atoms. The number of carbonyl (C=O) groups is 2. The molecule has 0 aliphatic carbocycles. The van der Waals surface area contributed by atoms with Crippen molar-refractivity contribution in [2.45, 2.75) is 25.8 Å². The first kappa shape index (κ1) is 22.1. The second-order valence-electron chi connectivity index (χ2n) is 6.33. The third kappa shape index (κ3) is 5.66. The van der Waals surface area contributed by atoms with Gasteiger partial charge in [-0.2, -0.15) is 0 Å². The summed E-state index contributed by atoms with van der Waals surface area (Å²) in [5, 5.41) is 3.52. The number of hydrogen-bond acceptors (Lipinski definition) is 2. The molecule has 0 bridgehead atoms. The van der Waals surface area contributed by atoms with Gasteiger partial charge in [0.2, 0.25) is 5.91 Å². The molecule has 2 amide bonds. The molecule has 0 aliphatic rings. The molecule has 0 aromatic heterocycles. The van der Waals surface area contributed by atoms with Crippen LogP contribution in [0.25, 0.3) is 0 Å². The maximum Gasteiger partial charge on any atom is 0.254 e. The molecule has 0 aliphatic heterocycles. The van der Waals surface area contributed by atoms with Gasteiger partial charge in [0, 0.05) is 36.1 Å². The van der Waals surface area contributed by atoms with Crippen LogP contribution in [-0.4, -0.2) is 30.3 Å². The Morgan fingerprint density at radius 2 is 1.86 bits per heavy atom. The molecule has 0 fully saturated rings. The molecule has 0 radical (unpaired) electrons. The van der Waals surface area contributed by atoms with Crippen LogP contribution in [0.3, 0.4) is 0 Å². The first-order chi connectivity index (χ1) is 13.2. The molecule has 4 nitrogen and oxygen atoms in total. The zero-order valence-corrected chi connectivity index (χ0v) is 17.0. The van der Waals surface area contributed by atoms with Crippen molar-refractivity contribution in [3.8, 4) is 0 Å². The van der Waals surface area contributed by atoms with E-state index in [1.807, 2.05) is 6.92 Å². The number of halogens is 4. The number of benzene rings is 2. The van der Waals surface area contributed by atoms with Crippen molar-refractivity contribution in [3.63, 3.8) is 0 Å². The highest BCUT2D eigenvalue weighted by Crippen LogP contribution is 2.29. The van der Waals surface area contributed by atoms with Crippen molar-refractivity contribution < 1.29 is 18.4 Å². The lowest BCUT2D eigenvalue weighted by Crippen LogP contribution is -2.31. The van der Waals surface area contributed by atoms with E-state index in [1.54, 1.807) is 30.1 Å². The Bertz CT molecular complexity index is 877. The molecule has 1 atom stereocenters. The van der Waals surface area contributed by atoms with E-state index in [2.05, 4.69) is 5.32 Å². The summed E-state index contributed by atoms with van der Waals surface area (Å²) in [7, 11) is 1.67. The number of nitrogens with zero attached hydrogens (tertiary/aromatic N) is 1. The van der Waals surface area contributed by atoms with Crippen LogP contribution in [0.5, 0.6) is 0 Å². The number of amides is 2. The monoisotopic (exact) mass is 428 g/mol. The summed E-state index contributed by atoms with van der Waals surface area (Å²) in [6.07, 6.45) is 0.566. The molecule has 2 rings (SSSR count). The molecular weight excluding hydrogens is 409 g/mol. The molecule has 0 saturated carbocycles. The van der Waals surface area contributed by atoms with E-state index in [4.69, 9.17) is 23.2 Å². The Hall–Kier alpha value is -2.18. The van der Waals surface area contributed by atoms with Crippen LogP contribution in [0.2, 0.25) is 10.0 Å². The van der Waals surface area contributed by atoms with E-state index in [0.29, 0.717) is 22.5 Å². The van der Waals surface area contributed by atoms with Gasteiger partial charge in [0.1, 0.15) is 11.6 Å². The molecule has 1 unspecified atom stereocenters. The van der Waals surface area contributed by atoms with Crippen molar-refractivity contribution >= 4 is 35.0 Å². The normalized spacial score (nSPS) is 11.8. The Morgan fingerprint density at radius 3 is 2.50 bits per heavy atom. The summed E-state index contributed by atoms with van der Waals surface area (Å²) < 4.78 is 26.5. The minimum absolute atomic E-state index is 0.124. The highest BCUT2D eigenvalue weighted by Gasteiger charge is 2.19. The summed E-state index contributed by atoms with van der Waals surface area (Å²) in [5.41, 5.74) is 0.540. The molecule has 0 spiro atoms. The highest BCUT2D eigenvalue weighted by molar-refractivity contribution is 6.35. The summed E-state index contributed by atoms with van der Waals surface area (Å²) in [6, 6.07) is 7.60.